The normalized spacial score (nSPS) is 14.3. The lowest BCUT2D eigenvalue weighted by atomic mass is 9.79. The van der Waals surface area contributed by atoms with Gasteiger partial charge in [-0.2, -0.15) is 0 Å². The maximum absolute atomic E-state index is 14.9. The molecular formula is C41H30O11. The van der Waals surface area contributed by atoms with Crippen molar-refractivity contribution in [2.45, 2.75) is 46.0 Å². The minimum atomic E-state index is -1.24. The van der Waals surface area contributed by atoms with E-state index in [-0.39, 0.29) is 105 Å². The van der Waals surface area contributed by atoms with E-state index in [0.717, 1.165) is 6.07 Å². The van der Waals surface area contributed by atoms with Crippen LogP contribution < -0.4 is 10.9 Å². The van der Waals surface area contributed by atoms with Crippen LogP contribution in [0, 0.1) is 6.92 Å². The summed E-state index contributed by atoms with van der Waals surface area (Å²) in [5.41, 5.74) is -1.57. The Kier molecular flexibility index (Phi) is 5.90. The van der Waals surface area contributed by atoms with Gasteiger partial charge in [-0.25, -0.2) is 0 Å². The number of benzene rings is 8. The van der Waals surface area contributed by atoms with Crippen molar-refractivity contribution in [3.05, 3.63) is 84.2 Å². The number of hydrogen-bond acceptors (Lipinski definition) is 11. The third kappa shape index (κ3) is 3.31. The average molecular weight is 699 g/mol. The van der Waals surface area contributed by atoms with Crippen LogP contribution in [-0.2, 0) is 6.42 Å². The summed E-state index contributed by atoms with van der Waals surface area (Å²) >= 11 is 0. The summed E-state index contributed by atoms with van der Waals surface area (Å²) in [6.45, 7) is 6.37. The molecule has 8 aromatic rings. The van der Waals surface area contributed by atoms with Crippen LogP contribution >= 0.6 is 0 Å². The van der Waals surface area contributed by atoms with Gasteiger partial charge in [0.1, 0.15) is 51.7 Å². The van der Waals surface area contributed by atoms with Crippen molar-refractivity contribution in [2.75, 3.05) is 0 Å². The molecule has 1 aliphatic rings. The number of phenolic OH excluding ortho intramolecular Hbond substituents is 9. The lowest BCUT2D eigenvalue weighted by molar-refractivity contribution is 0.439. The molecule has 260 valence electrons. The van der Waals surface area contributed by atoms with E-state index in [0.29, 0.717) is 5.56 Å². The highest BCUT2D eigenvalue weighted by molar-refractivity contribution is 6.46. The molecule has 0 saturated carbocycles. The molecule has 0 amide bonds. The Morgan fingerprint density at radius 1 is 0.538 bits per heavy atom. The Morgan fingerprint density at radius 3 is 1.62 bits per heavy atom. The van der Waals surface area contributed by atoms with Gasteiger partial charge in [-0.3, -0.25) is 9.59 Å². The molecule has 0 heterocycles. The Morgan fingerprint density at radius 2 is 1.02 bits per heavy atom. The van der Waals surface area contributed by atoms with Gasteiger partial charge in [-0.1, -0.05) is 32.9 Å². The zero-order valence-corrected chi connectivity index (χ0v) is 28.1. The fraction of sp³-hybridized carbons (Fsp3) is 0.171. The molecule has 9 N–H and O–H groups in total. The summed E-state index contributed by atoms with van der Waals surface area (Å²) in [6, 6.07) is 6.75. The summed E-state index contributed by atoms with van der Waals surface area (Å²) < 4.78 is 0. The van der Waals surface area contributed by atoms with E-state index >= 15 is 0 Å². The van der Waals surface area contributed by atoms with Crippen molar-refractivity contribution in [2.24, 2.45) is 0 Å². The molecule has 8 aromatic carbocycles. The molecule has 0 saturated heterocycles. The van der Waals surface area contributed by atoms with Gasteiger partial charge in [0.2, 0.25) is 10.9 Å². The minimum Gasteiger partial charge on any atom is -0.508 e. The zero-order chi connectivity index (χ0) is 37.1. The first-order valence-electron chi connectivity index (χ1n) is 16.7. The van der Waals surface area contributed by atoms with E-state index in [9.17, 15) is 55.5 Å². The topological polar surface area (TPSA) is 216 Å². The first-order valence-corrected chi connectivity index (χ1v) is 16.7. The molecule has 1 aliphatic carbocycles. The molecule has 0 spiro atoms. The van der Waals surface area contributed by atoms with E-state index in [1.54, 1.807) is 20.8 Å². The van der Waals surface area contributed by atoms with Crippen LogP contribution in [0.15, 0.2) is 39.9 Å². The second-order valence-electron chi connectivity index (χ2n) is 14.0. The van der Waals surface area contributed by atoms with Gasteiger partial charge in [0.15, 0.2) is 0 Å². The second-order valence-corrected chi connectivity index (χ2v) is 14.0. The van der Waals surface area contributed by atoms with E-state index < -0.39 is 68.7 Å². The van der Waals surface area contributed by atoms with Crippen molar-refractivity contribution >= 4 is 64.6 Å². The van der Waals surface area contributed by atoms with Crippen LogP contribution in [0.4, 0.5) is 0 Å². The third-order valence-corrected chi connectivity index (χ3v) is 11.2. The van der Waals surface area contributed by atoms with Crippen molar-refractivity contribution in [3.63, 3.8) is 0 Å². The predicted molar refractivity (Wildman–Crippen MR) is 197 cm³/mol. The monoisotopic (exact) mass is 698 g/mol. The fourth-order valence-corrected chi connectivity index (χ4v) is 9.06. The van der Waals surface area contributed by atoms with Crippen LogP contribution in [0.1, 0.15) is 66.0 Å². The maximum Gasteiger partial charge on any atom is 0.201 e. The Bertz CT molecular complexity index is 3110. The lowest BCUT2D eigenvalue weighted by Crippen LogP contribution is -2.10. The first-order chi connectivity index (χ1) is 24.6. The molecule has 0 radical (unpaired) electrons. The van der Waals surface area contributed by atoms with Crippen molar-refractivity contribution in [1.82, 2.24) is 0 Å². The lowest BCUT2D eigenvalue weighted by Gasteiger charge is -2.24. The largest absolute Gasteiger partial charge is 0.508 e. The average Bonchev–Trinajstić information content (AvgIpc) is 3.21. The minimum absolute atomic E-state index is 0.00395. The van der Waals surface area contributed by atoms with Crippen LogP contribution in [0.25, 0.3) is 64.6 Å². The van der Waals surface area contributed by atoms with Gasteiger partial charge in [0, 0.05) is 82.9 Å². The second kappa shape index (κ2) is 9.79. The van der Waals surface area contributed by atoms with Gasteiger partial charge in [-0.15, -0.1) is 0 Å². The van der Waals surface area contributed by atoms with E-state index in [1.807, 2.05) is 0 Å². The highest BCUT2D eigenvalue weighted by Crippen LogP contribution is 2.61. The van der Waals surface area contributed by atoms with Gasteiger partial charge >= 0.3 is 0 Å². The van der Waals surface area contributed by atoms with Crippen molar-refractivity contribution < 1.29 is 46.0 Å². The van der Waals surface area contributed by atoms with Crippen LogP contribution in [0.3, 0.4) is 0 Å². The highest BCUT2D eigenvalue weighted by Gasteiger charge is 2.40. The van der Waals surface area contributed by atoms with Gasteiger partial charge < -0.3 is 46.0 Å². The number of fused-ring (bicyclic) bond motifs is 1. The molecule has 0 fully saturated rings. The molecule has 1 atom stereocenters. The maximum atomic E-state index is 14.9. The van der Waals surface area contributed by atoms with Crippen LogP contribution in [-0.4, -0.2) is 46.0 Å². The summed E-state index contributed by atoms with van der Waals surface area (Å²) in [7, 11) is 0. The molecule has 1 unspecified atom stereocenters. The summed E-state index contributed by atoms with van der Waals surface area (Å²) in [5.74, 6) is -6.34. The van der Waals surface area contributed by atoms with E-state index in [1.165, 1.54) is 31.2 Å². The van der Waals surface area contributed by atoms with Gasteiger partial charge in [-0.05, 0) is 37.0 Å². The SMILES string of the molecule is CCc1c(O)c2c(=O)c3c(O)c(C)c(O)c4c3c3c2c(c1O)c1c(O)c(C(C)C)c(O)c2c(=O)c5c(O)cc(O)c(c5c3c21)C4c1ccc(O)cc1. The van der Waals surface area contributed by atoms with Crippen molar-refractivity contribution in [1.29, 1.82) is 0 Å². The summed E-state index contributed by atoms with van der Waals surface area (Å²) in [6.07, 6.45) is 0.0183. The number of aromatic hydroxyl groups is 9. The van der Waals surface area contributed by atoms with Crippen LogP contribution in [0.2, 0.25) is 0 Å². The summed E-state index contributed by atoms with van der Waals surface area (Å²) in [5, 5.41) is 104. The van der Waals surface area contributed by atoms with Gasteiger partial charge in [0.25, 0.3) is 0 Å². The fourth-order valence-electron chi connectivity index (χ4n) is 9.06. The molecule has 0 aliphatic heterocycles. The van der Waals surface area contributed by atoms with Crippen molar-refractivity contribution in [3.8, 4) is 51.7 Å². The Labute approximate surface area is 292 Å². The molecule has 52 heavy (non-hydrogen) atoms. The summed E-state index contributed by atoms with van der Waals surface area (Å²) in [4.78, 5) is 29.7. The predicted octanol–water partition coefficient (Wildman–Crippen LogP) is 7.04. The number of rotatable bonds is 3. The van der Waals surface area contributed by atoms with E-state index in [2.05, 4.69) is 0 Å². The first kappa shape index (κ1) is 31.4. The molecule has 0 aromatic heterocycles. The number of hydrogen-bond donors (Lipinski definition) is 9. The molecular weight excluding hydrogens is 668 g/mol. The molecule has 11 heteroatoms. The zero-order valence-electron chi connectivity index (χ0n) is 28.1. The standard InChI is InChI=1S/C41H30O11/c1-5-15-36(47)29-26-24-23-22-20(16(43)10-17(44)21(22)40(51)33-27(23)30(29)38(49)18(11(2)3)39(33)50)19(13-6-8-14(42)9-7-13)28-25(24)31(35(46)12(4)34(28)45)41(52)32(26)37(15)48/h6-11,19,42-50H,5H2,1-4H3. The molecule has 0 bridgehead atoms. The molecule has 11 nitrogen and oxygen atoms in total. The quantitative estimate of drug-likeness (QED) is 0.0673. The molecule has 9 rings (SSSR count). The number of phenols is 9. The highest BCUT2D eigenvalue weighted by atomic mass is 16.3. The third-order valence-electron chi connectivity index (χ3n) is 11.2. The Hall–Kier alpha value is -6.62. The van der Waals surface area contributed by atoms with Gasteiger partial charge in [0.05, 0.1) is 21.5 Å². The van der Waals surface area contributed by atoms with Crippen LogP contribution in [0.5, 0.6) is 51.7 Å². The smallest absolute Gasteiger partial charge is 0.201 e. The Balaban J connectivity index is 1.84. The van der Waals surface area contributed by atoms with E-state index in [4.69, 9.17) is 0 Å².